The Bertz CT molecular complexity index is 1220. The summed E-state index contributed by atoms with van der Waals surface area (Å²) in [5.41, 5.74) is 9.77. The number of rotatable bonds is 33. The fraction of sp³-hybridized carbons (Fsp3) is 0.720. The van der Waals surface area contributed by atoms with Gasteiger partial charge in [0, 0.05) is 0 Å². The monoisotopic (exact) mass is 713 g/mol. The van der Waals surface area contributed by atoms with Crippen LogP contribution in [0.4, 0.5) is 11.4 Å². The van der Waals surface area contributed by atoms with Gasteiger partial charge in [0.25, 0.3) is 0 Å². The van der Waals surface area contributed by atoms with Crippen LogP contribution in [0.15, 0.2) is 46.4 Å². The summed E-state index contributed by atoms with van der Waals surface area (Å²) in [4.78, 5) is 10.5. The van der Waals surface area contributed by atoms with Gasteiger partial charge in [-0.25, -0.2) is 0 Å². The number of hydrogen-bond donors (Lipinski definition) is 0. The second-order valence-electron chi connectivity index (χ2n) is 16.3. The minimum absolute atomic E-state index is 0.993. The van der Waals surface area contributed by atoms with E-state index in [4.69, 9.17) is 9.98 Å². The average molecular weight is 713 g/mol. The van der Waals surface area contributed by atoms with E-state index in [-0.39, 0.29) is 0 Å². The van der Waals surface area contributed by atoms with Gasteiger partial charge in [-0.05, 0) is 99.9 Å². The Morgan fingerprint density at radius 1 is 0.327 bits per heavy atom. The van der Waals surface area contributed by atoms with Gasteiger partial charge < -0.3 is 0 Å². The Kier molecular flexibility index (Phi) is 27.5. The third-order valence-corrected chi connectivity index (χ3v) is 11.4. The minimum atomic E-state index is 0.993. The molecule has 0 N–H and O–H groups in total. The number of aliphatic imine (C=N–C) groups is 2. The molecule has 0 fully saturated rings. The normalized spacial score (nSPS) is 12.3. The summed E-state index contributed by atoms with van der Waals surface area (Å²) in [6.45, 7) is 13.3. The maximum absolute atomic E-state index is 5.27. The third-order valence-electron chi connectivity index (χ3n) is 11.4. The topological polar surface area (TPSA) is 24.7 Å². The summed E-state index contributed by atoms with van der Waals surface area (Å²) in [6, 6.07) is 13.2. The summed E-state index contributed by atoms with van der Waals surface area (Å²) >= 11 is 0. The largest absolute Gasteiger partial charge is 0.252 e. The molecular formula is C50H84N2. The molecule has 0 aliphatic heterocycles. The molecule has 52 heavy (non-hydrogen) atoms. The lowest BCUT2D eigenvalue weighted by Crippen LogP contribution is -2.14. The Morgan fingerprint density at radius 3 is 0.885 bits per heavy atom. The van der Waals surface area contributed by atoms with E-state index in [0.29, 0.717) is 0 Å². The van der Waals surface area contributed by atoms with Crippen LogP contribution in [-0.4, -0.2) is 11.4 Å². The van der Waals surface area contributed by atoms with E-state index in [9.17, 15) is 0 Å². The van der Waals surface area contributed by atoms with Crippen LogP contribution in [0, 0.1) is 27.7 Å². The standard InChI is InChI=1S/C50H84N2/c1-7-9-11-12-13-14-15-16-17-18-19-20-21-22-23-24-25-26-27-28-29-30-31-32-33-34-36-50(52-48-40-38-44(4)46(6)42-48)49(35-10-8-2)51-47-39-37-43(3)45(5)41-47/h37-42H,7-36H2,1-6H3. The predicted molar refractivity (Wildman–Crippen MR) is 236 cm³/mol. The van der Waals surface area contributed by atoms with Gasteiger partial charge in [-0.1, -0.05) is 193 Å². The third kappa shape index (κ3) is 22.8. The number of benzene rings is 2. The summed E-state index contributed by atoms with van der Waals surface area (Å²) < 4.78 is 0. The number of unbranched alkanes of at least 4 members (excludes halogenated alkanes) is 26. The molecule has 2 aromatic rings. The summed E-state index contributed by atoms with van der Waals surface area (Å²) in [6.07, 6.45) is 41.5. The van der Waals surface area contributed by atoms with Crippen LogP contribution in [-0.2, 0) is 0 Å². The van der Waals surface area contributed by atoms with Crippen LogP contribution in [0.5, 0.6) is 0 Å². The molecule has 2 nitrogen and oxygen atoms in total. The van der Waals surface area contributed by atoms with Gasteiger partial charge in [0.2, 0.25) is 0 Å². The minimum Gasteiger partial charge on any atom is -0.252 e. The highest BCUT2D eigenvalue weighted by molar-refractivity contribution is 6.43. The van der Waals surface area contributed by atoms with Crippen molar-refractivity contribution in [2.45, 2.75) is 234 Å². The lowest BCUT2D eigenvalue weighted by atomic mass is 10.00. The van der Waals surface area contributed by atoms with Crippen molar-refractivity contribution in [3.63, 3.8) is 0 Å². The fourth-order valence-electron chi connectivity index (χ4n) is 7.38. The van der Waals surface area contributed by atoms with Crippen LogP contribution in [0.3, 0.4) is 0 Å². The first kappa shape index (κ1) is 45.9. The van der Waals surface area contributed by atoms with E-state index in [2.05, 4.69) is 77.9 Å². The van der Waals surface area contributed by atoms with Crippen molar-refractivity contribution in [2.24, 2.45) is 9.98 Å². The van der Waals surface area contributed by atoms with E-state index >= 15 is 0 Å². The second-order valence-corrected chi connectivity index (χ2v) is 16.3. The van der Waals surface area contributed by atoms with Gasteiger partial charge >= 0.3 is 0 Å². The van der Waals surface area contributed by atoms with Gasteiger partial charge in [0.15, 0.2) is 0 Å². The molecule has 0 aliphatic rings. The van der Waals surface area contributed by atoms with Crippen LogP contribution in [0.25, 0.3) is 0 Å². The molecule has 0 heterocycles. The molecule has 0 atom stereocenters. The molecule has 0 aromatic heterocycles. The SMILES string of the molecule is CCCCCCCCCCCCCCCCCCCCCCCCCCCCC(=Nc1ccc(C)c(C)c1)C(CCCC)=Nc1ccc(C)c(C)c1. The first-order valence-electron chi connectivity index (χ1n) is 22.7. The van der Waals surface area contributed by atoms with Gasteiger partial charge in [0.1, 0.15) is 0 Å². The van der Waals surface area contributed by atoms with E-state index in [0.717, 1.165) is 30.6 Å². The van der Waals surface area contributed by atoms with E-state index in [1.54, 1.807) is 0 Å². The molecule has 2 rings (SSSR count). The molecule has 0 radical (unpaired) electrons. The Morgan fingerprint density at radius 2 is 0.596 bits per heavy atom. The van der Waals surface area contributed by atoms with Crippen LogP contribution >= 0.6 is 0 Å². The zero-order chi connectivity index (χ0) is 37.5. The molecule has 294 valence electrons. The average Bonchev–Trinajstić information content (AvgIpc) is 3.14. The Hall–Kier alpha value is -2.22. The molecule has 2 aromatic carbocycles. The van der Waals surface area contributed by atoms with E-state index < -0.39 is 0 Å². The maximum Gasteiger partial charge on any atom is 0.0636 e. The Balaban J connectivity index is 1.57. The zero-order valence-corrected chi connectivity index (χ0v) is 35.6. The Labute approximate surface area is 324 Å². The molecule has 0 bridgehead atoms. The summed E-state index contributed by atoms with van der Waals surface area (Å²) in [5.74, 6) is 0. The highest BCUT2D eigenvalue weighted by atomic mass is 14.8. The number of aryl methyl sites for hydroxylation is 4. The van der Waals surface area contributed by atoms with Gasteiger partial charge in [0.05, 0.1) is 22.8 Å². The maximum atomic E-state index is 5.27. The van der Waals surface area contributed by atoms with Crippen molar-refractivity contribution in [1.82, 2.24) is 0 Å². The smallest absolute Gasteiger partial charge is 0.0636 e. The van der Waals surface area contributed by atoms with Gasteiger partial charge in [-0.15, -0.1) is 0 Å². The lowest BCUT2D eigenvalue weighted by molar-refractivity contribution is 0.515. The van der Waals surface area contributed by atoms with Crippen molar-refractivity contribution in [3.8, 4) is 0 Å². The second kappa shape index (κ2) is 31.2. The summed E-state index contributed by atoms with van der Waals surface area (Å²) in [7, 11) is 0. The highest BCUT2D eigenvalue weighted by Gasteiger charge is 2.12. The van der Waals surface area contributed by atoms with Crippen LogP contribution < -0.4 is 0 Å². The molecule has 0 saturated heterocycles. The van der Waals surface area contributed by atoms with Crippen molar-refractivity contribution >= 4 is 22.8 Å². The molecule has 2 heteroatoms. The van der Waals surface area contributed by atoms with Crippen molar-refractivity contribution < 1.29 is 0 Å². The van der Waals surface area contributed by atoms with E-state index in [1.165, 1.54) is 207 Å². The van der Waals surface area contributed by atoms with Crippen molar-refractivity contribution in [3.05, 3.63) is 58.7 Å². The zero-order valence-electron chi connectivity index (χ0n) is 35.6. The van der Waals surface area contributed by atoms with Gasteiger partial charge in [-0.2, -0.15) is 0 Å². The molecule has 0 saturated carbocycles. The number of nitrogens with zero attached hydrogens (tertiary/aromatic N) is 2. The number of hydrogen-bond acceptors (Lipinski definition) is 2. The van der Waals surface area contributed by atoms with Gasteiger partial charge in [-0.3, -0.25) is 9.98 Å². The molecule has 0 spiro atoms. The van der Waals surface area contributed by atoms with Crippen LogP contribution in [0.1, 0.15) is 229 Å². The first-order chi connectivity index (χ1) is 25.4. The predicted octanol–water partition coefficient (Wildman–Crippen LogP) is 17.5. The van der Waals surface area contributed by atoms with Crippen LogP contribution in [0.2, 0.25) is 0 Å². The lowest BCUT2D eigenvalue weighted by Gasteiger charge is -2.12. The molecular weight excluding hydrogens is 629 g/mol. The quantitative estimate of drug-likeness (QED) is 0.0520. The van der Waals surface area contributed by atoms with E-state index in [1.807, 2.05) is 0 Å². The highest BCUT2D eigenvalue weighted by Crippen LogP contribution is 2.23. The first-order valence-corrected chi connectivity index (χ1v) is 22.7. The summed E-state index contributed by atoms with van der Waals surface area (Å²) in [5, 5.41) is 0. The molecule has 0 aliphatic carbocycles. The van der Waals surface area contributed by atoms with Crippen molar-refractivity contribution in [2.75, 3.05) is 0 Å². The molecule has 0 amide bonds. The fourth-order valence-corrected chi connectivity index (χ4v) is 7.38. The molecule has 0 unspecified atom stereocenters. The van der Waals surface area contributed by atoms with Crippen molar-refractivity contribution in [1.29, 1.82) is 0 Å².